The van der Waals surface area contributed by atoms with Crippen LogP contribution in [0.3, 0.4) is 0 Å². The lowest BCUT2D eigenvalue weighted by atomic mass is 10.2. The van der Waals surface area contributed by atoms with Gasteiger partial charge in [0, 0.05) is 19.0 Å². The first-order valence-corrected chi connectivity index (χ1v) is 10.6. The van der Waals surface area contributed by atoms with Crippen molar-refractivity contribution < 1.29 is 9.53 Å². The van der Waals surface area contributed by atoms with Gasteiger partial charge in [-0.1, -0.05) is 18.2 Å². The summed E-state index contributed by atoms with van der Waals surface area (Å²) in [4.78, 5) is 30.2. The largest absolute Gasteiger partial charge is 0.473 e. The van der Waals surface area contributed by atoms with Crippen LogP contribution in [0.5, 0.6) is 5.88 Å². The van der Waals surface area contributed by atoms with Crippen molar-refractivity contribution in [3.8, 4) is 11.6 Å². The molecule has 1 saturated heterocycles. The van der Waals surface area contributed by atoms with Crippen LogP contribution >= 0.6 is 11.8 Å². The average Bonchev–Trinajstić information content (AvgIpc) is 3.32. The van der Waals surface area contributed by atoms with E-state index in [9.17, 15) is 9.59 Å². The van der Waals surface area contributed by atoms with Crippen molar-refractivity contribution in [1.29, 1.82) is 0 Å². The number of benzene rings is 1. The van der Waals surface area contributed by atoms with E-state index in [4.69, 9.17) is 4.74 Å². The highest BCUT2D eigenvalue weighted by Gasteiger charge is 2.23. The SMILES string of the molecule is Cc1c(NC(=O)c2cccnc2OC2CCSC2)c(=O)n(-c2ccccc2)n1C. The van der Waals surface area contributed by atoms with E-state index in [1.165, 1.54) is 4.68 Å². The van der Waals surface area contributed by atoms with Gasteiger partial charge in [-0.3, -0.25) is 14.3 Å². The van der Waals surface area contributed by atoms with E-state index in [1.54, 1.807) is 37.0 Å². The Balaban J connectivity index is 1.64. The fourth-order valence-electron chi connectivity index (χ4n) is 3.31. The van der Waals surface area contributed by atoms with Crippen LogP contribution < -0.4 is 15.6 Å². The van der Waals surface area contributed by atoms with Gasteiger partial charge >= 0.3 is 0 Å². The number of amides is 1. The predicted molar refractivity (Wildman–Crippen MR) is 114 cm³/mol. The fourth-order valence-corrected chi connectivity index (χ4v) is 4.41. The third kappa shape index (κ3) is 3.80. The Hall–Kier alpha value is -3.00. The van der Waals surface area contributed by atoms with Gasteiger partial charge in [0.05, 0.1) is 11.4 Å². The maximum absolute atomic E-state index is 13.0. The highest BCUT2D eigenvalue weighted by atomic mass is 32.2. The van der Waals surface area contributed by atoms with Crippen LogP contribution in [0.1, 0.15) is 22.5 Å². The number of carbonyl (C=O) groups is 1. The zero-order valence-electron chi connectivity index (χ0n) is 16.3. The molecule has 0 saturated carbocycles. The van der Waals surface area contributed by atoms with Gasteiger partial charge in [0.2, 0.25) is 5.88 Å². The minimum absolute atomic E-state index is 0.0511. The summed E-state index contributed by atoms with van der Waals surface area (Å²) in [6, 6.07) is 12.7. The second-order valence-electron chi connectivity index (χ2n) is 6.85. The molecule has 3 aromatic rings. The van der Waals surface area contributed by atoms with Crippen molar-refractivity contribution >= 4 is 23.4 Å². The Kier molecular flexibility index (Phi) is 5.44. The molecule has 1 fully saturated rings. The number of rotatable bonds is 5. The van der Waals surface area contributed by atoms with Crippen molar-refractivity contribution in [2.75, 3.05) is 16.8 Å². The van der Waals surface area contributed by atoms with Crippen LogP contribution in [-0.4, -0.2) is 37.9 Å². The van der Waals surface area contributed by atoms with E-state index in [-0.39, 0.29) is 17.4 Å². The topological polar surface area (TPSA) is 78.2 Å². The highest BCUT2D eigenvalue weighted by molar-refractivity contribution is 7.99. The number of nitrogens with one attached hydrogen (secondary N) is 1. The normalized spacial score (nSPS) is 16.0. The zero-order chi connectivity index (χ0) is 20.4. The van der Waals surface area contributed by atoms with Gasteiger partial charge in [0.15, 0.2) is 0 Å². The Morgan fingerprint density at radius 3 is 2.76 bits per heavy atom. The second kappa shape index (κ2) is 8.16. The number of ether oxygens (including phenoxy) is 1. The van der Waals surface area contributed by atoms with Gasteiger partial charge in [-0.05, 0) is 43.4 Å². The molecule has 1 aliphatic rings. The van der Waals surface area contributed by atoms with Crippen molar-refractivity contribution in [3.05, 3.63) is 70.3 Å². The maximum Gasteiger partial charge on any atom is 0.295 e. The van der Waals surface area contributed by atoms with Crippen molar-refractivity contribution in [3.63, 3.8) is 0 Å². The number of pyridine rings is 1. The first kappa shape index (κ1) is 19.3. The first-order chi connectivity index (χ1) is 14.1. The summed E-state index contributed by atoms with van der Waals surface area (Å²) in [5.74, 6) is 1.82. The Morgan fingerprint density at radius 2 is 2.03 bits per heavy atom. The fraction of sp³-hybridized carbons (Fsp3) is 0.286. The van der Waals surface area contributed by atoms with Crippen LogP contribution in [0.4, 0.5) is 5.69 Å². The predicted octanol–water partition coefficient (Wildman–Crippen LogP) is 3.02. The number of hydrogen-bond donors (Lipinski definition) is 1. The molecule has 7 nitrogen and oxygen atoms in total. The van der Waals surface area contributed by atoms with Crippen molar-refractivity contribution in [2.45, 2.75) is 19.4 Å². The summed E-state index contributed by atoms with van der Waals surface area (Å²) in [7, 11) is 1.79. The maximum atomic E-state index is 13.0. The Morgan fingerprint density at radius 1 is 1.24 bits per heavy atom. The third-order valence-corrected chi connectivity index (χ3v) is 6.11. The van der Waals surface area contributed by atoms with Gasteiger partial charge in [0.1, 0.15) is 17.4 Å². The van der Waals surface area contributed by atoms with Crippen molar-refractivity contribution in [1.82, 2.24) is 14.3 Å². The molecular formula is C21H22N4O3S. The summed E-state index contributed by atoms with van der Waals surface area (Å²) < 4.78 is 9.20. The molecular weight excluding hydrogens is 388 g/mol. The number of carbonyl (C=O) groups excluding carboxylic acids is 1. The van der Waals surface area contributed by atoms with Gasteiger partial charge in [-0.2, -0.15) is 11.8 Å². The van der Waals surface area contributed by atoms with Gasteiger partial charge in [-0.15, -0.1) is 0 Å². The number of thioether (sulfide) groups is 1. The molecule has 0 aliphatic carbocycles. The van der Waals surface area contributed by atoms with E-state index < -0.39 is 5.91 Å². The number of anilines is 1. The molecule has 4 rings (SSSR count). The molecule has 1 unspecified atom stereocenters. The summed E-state index contributed by atoms with van der Waals surface area (Å²) >= 11 is 1.82. The Labute approximate surface area is 172 Å². The van der Waals surface area contributed by atoms with Crippen LogP contribution in [0.15, 0.2) is 53.5 Å². The lowest BCUT2D eigenvalue weighted by Gasteiger charge is -2.14. The van der Waals surface area contributed by atoms with Crippen LogP contribution in [0.25, 0.3) is 5.69 Å². The van der Waals surface area contributed by atoms with Crippen LogP contribution in [0, 0.1) is 6.92 Å². The number of hydrogen-bond acceptors (Lipinski definition) is 5. The molecule has 1 amide bonds. The quantitative estimate of drug-likeness (QED) is 0.700. The molecule has 1 N–H and O–H groups in total. The summed E-state index contributed by atoms with van der Waals surface area (Å²) in [5, 5.41) is 2.77. The molecule has 1 aromatic carbocycles. The summed E-state index contributed by atoms with van der Waals surface area (Å²) in [6.07, 6.45) is 2.59. The molecule has 2 aromatic heterocycles. The second-order valence-corrected chi connectivity index (χ2v) is 8.00. The van der Waals surface area contributed by atoms with E-state index in [1.807, 2.05) is 42.1 Å². The molecule has 29 heavy (non-hydrogen) atoms. The smallest absolute Gasteiger partial charge is 0.295 e. The van der Waals surface area contributed by atoms with E-state index >= 15 is 0 Å². The molecule has 0 radical (unpaired) electrons. The molecule has 8 heteroatoms. The van der Waals surface area contributed by atoms with Gasteiger partial charge in [0.25, 0.3) is 11.5 Å². The number of nitrogens with zero attached hydrogens (tertiary/aromatic N) is 3. The first-order valence-electron chi connectivity index (χ1n) is 9.41. The van der Waals surface area contributed by atoms with Crippen LogP contribution in [-0.2, 0) is 7.05 Å². The molecule has 1 aliphatic heterocycles. The van der Waals surface area contributed by atoms with E-state index in [0.29, 0.717) is 17.1 Å². The lowest BCUT2D eigenvalue weighted by molar-refractivity contribution is 0.101. The van der Waals surface area contributed by atoms with E-state index in [2.05, 4.69) is 10.3 Å². The molecule has 0 bridgehead atoms. The summed E-state index contributed by atoms with van der Waals surface area (Å²) in [5.41, 5.74) is 1.66. The Bertz CT molecular complexity index is 1090. The minimum Gasteiger partial charge on any atom is -0.473 e. The van der Waals surface area contributed by atoms with E-state index in [0.717, 1.165) is 23.6 Å². The average molecular weight is 410 g/mol. The summed E-state index contributed by atoms with van der Waals surface area (Å²) in [6.45, 7) is 1.80. The van der Waals surface area contributed by atoms with Gasteiger partial charge < -0.3 is 10.1 Å². The molecule has 1 atom stereocenters. The van der Waals surface area contributed by atoms with Gasteiger partial charge in [-0.25, -0.2) is 9.67 Å². The monoisotopic (exact) mass is 410 g/mol. The van der Waals surface area contributed by atoms with Crippen LogP contribution in [0.2, 0.25) is 0 Å². The zero-order valence-corrected chi connectivity index (χ0v) is 17.1. The number of aromatic nitrogens is 3. The number of para-hydroxylation sites is 1. The molecule has 0 spiro atoms. The third-order valence-electron chi connectivity index (χ3n) is 4.97. The molecule has 3 heterocycles. The highest BCUT2D eigenvalue weighted by Crippen LogP contribution is 2.25. The lowest BCUT2D eigenvalue weighted by Crippen LogP contribution is -2.24. The minimum atomic E-state index is -0.412. The molecule has 150 valence electrons. The van der Waals surface area contributed by atoms with Crippen molar-refractivity contribution in [2.24, 2.45) is 7.05 Å². The standard InChI is InChI=1S/C21H22N4O3S/c1-14-18(21(27)25(24(14)2)15-7-4-3-5-8-15)23-19(26)17-9-6-11-22-20(17)28-16-10-12-29-13-16/h3-9,11,16H,10,12-13H2,1-2H3,(H,23,26).